The van der Waals surface area contributed by atoms with Gasteiger partial charge in [-0.1, -0.05) is 30.0 Å². The van der Waals surface area contributed by atoms with Gasteiger partial charge >= 0.3 is 0 Å². The van der Waals surface area contributed by atoms with Crippen LogP contribution >= 0.6 is 11.8 Å². The average molecular weight is 358 g/mol. The van der Waals surface area contributed by atoms with Crippen molar-refractivity contribution in [1.29, 1.82) is 0 Å². The molecular weight excluding hydrogens is 339 g/mol. The van der Waals surface area contributed by atoms with Crippen LogP contribution < -0.4 is 9.64 Å². The Bertz CT molecular complexity index is 780. The monoisotopic (exact) mass is 358 g/mol. The van der Waals surface area contributed by atoms with Crippen LogP contribution in [0.5, 0.6) is 5.75 Å². The van der Waals surface area contributed by atoms with Crippen molar-refractivity contribution in [2.45, 2.75) is 6.42 Å². The Morgan fingerprint density at radius 2 is 2.08 bits per heavy atom. The third kappa shape index (κ3) is 4.20. The summed E-state index contributed by atoms with van der Waals surface area (Å²) >= 11 is 1.62. The summed E-state index contributed by atoms with van der Waals surface area (Å²) in [5.74, 6) is 0.488. The van der Waals surface area contributed by atoms with Gasteiger partial charge in [-0.25, -0.2) is 4.39 Å². The fourth-order valence-corrected chi connectivity index (χ4v) is 3.53. The highest BCUT2D eigenvalue weighted by Crippen LogP contribution is 2.24. The third-order valence-electron chi connectivity index (χ3n) is 3.86. The Hall–Kier alpha value is -2.34. The van der Waals surface area contributed by atoms with Crippen LogP contribution in [0.3, 0.4) is 0 Å². The summed E-state index contributed by atoms with van der Waals surface area (Å²) in [7, 11) is 1.46. The van der Waals surface area contributed by atoms with Crippen molar-refractivity contribution >= 4 is 28.4 Å². The number of hydrogen-bond donors (Lipinski definition) is 0. The molecule has 3 rings (SSSR count). The number of ketones is 1. The van der Waals surface area contributed by atoms with Crippen LogP contribution in [0.25, 0.3) is 0 Å². The molecule has 4 nitrogen and oxygen atoms in total. The van der Waals surface area contributed by atoms with Gasteiger partial charge in [-0.2, -0.15) is 0 Å². The third-order valence-corrected chi connectivity index (χ3v) is 4.96. The topological polar surface area (TPSA) is 41.9 Å². The smallest absolute Gasteiger partial charge is 0.185 e. The number of amidine groups is 1. The molecule has 0 N–H and O–H groups in total. The van der Waals surface area contributed by atoms with Gasteiger partial charge in [0.15, 0.2) is 11.0 Å². The number of nitrogens with zero attached hydrogens (tertiary/aromatic N) is 2. The quantitative estimate of drug-likeness (QED) is 0.757. The van der Waals surface area contributed by atoms with Gasteiger partial charge in [0.2, 0.25) is 0 Å². The van der Waals surface area contributed by atoms with Gasteiger partial charge in [0, 0.05) is 24.1 Å². The molecule has 0 fully saturated rings. The van der Waals surface area contributed by atoms with Crippen molar-refractivity contribution in [3.05, 3.63) is 59.9 Å². The van der Waals surface area contributed by atoms with Gasteiger partial charge in [-0.3, -0.25) is 9.79 Å². The summed E-state index contributed by atoms with van der Waals surface area (Å²) in [6, 6.07) is 13.9. The highest BCUT2D eigenvalue weighted by Gasteiger charge is 2.22. The fourth-order valence-electron chi connectivity index (χ4n) is 2.57. The molecule has 0 amide bonds. The number of hydrogen-bond acceptors (Lipinski definition) is 5. The van der Waals surface area contributed by atoms with Crippen molar-refractivity contribution in [2.24, 2.45) is 4.99 Å². The summed E-state index contributed by atoms with van der Waals surface area (Å²) in [4.78, 5) is 19.1. The second-order valence-electron chi connectivity index (χ2n) is 5.56. The molecule has 25 heavy (non-hydrogen) atoms. The van der Waals surface area contributed by atoms with Crippen LogP contribution in [-0.4, -0.2) is 36.9 Å². The van der Waals surface area contributed by atoms with Gasteiger partial charge in [-0.15, -0.1) is 0 Å². The minimum absolute atomic E-state index is 0.0408. The molecule has 130 valence electrons. The number of benzene rings is 2. The van der Waals surface area contributed by atoms with E-state index in [2.05, 4.69) is 4.99 Å². The maximum Gasteiger partial charge on any atom is 0.185 e. The number of rotatable bonds is 5. The number of carbonyl (C=O) groups is 1. The first-order valence-corrected chi connectivity index (χ1v) is 9.04. The van der Waals surface area contributed by atoms with Crippen molar-refractivity contribution in [1.82, 2.24) is 0 Å². The van der Waals surface area contributed by atoms with Gasteiger partial charge in [-0.05, 0) is 30.7 Å². The van der Waals surface area contributed by atoms with E-state index < -0.39 is 5.82 Å². The zero-order valence-electron chi connectivity index (χ0n) is 13.9. The predicted octanol–water partition coefficient (Wildman–Crippen LogP) is 4.02. The Balaban J connectivity index is 1.87. The van der Waals surface area contributed by atoms with E-state index in [4.69, 9.17) is 4.74 Å². The number of ether oxygens (including phenoxy) is 1. The van der Waals surface area contributed by atoms with Crippen molar-refractivity contribution < 1.29 is 13.9 Å². The Morgan fingerprint density at radius 3 is 2.72 bits per heavy atom. The summed E-state index contributed by atoms with van der Waals surface area (Å²) in [6.45, 7) is 0.788. The minimum atomic E-state index is -0.574. The molecule has 1 aliphatic rings. The lowest BCUT2D eigenvalue weighted by molar-refractivity contribution is 0.0998. The van der Waals surface area contributed by atoms with Crippen LogP contribution in [0.1, 0.15) is 16.8 Å². The molecule has 1 aliphatic heterocycles. The highest BCUT2D eigenvalue weighted by molar-refractivity contribution is 8.14. The van der Waals surface area contributed by atoms with E-state index in [1.807, 2.05) is 35.2 Å². The standard InChI is InChI=1S/C19H19FN2O2S/c1-24-15-8-9-16(17(20)12-15)18(23)13-22(14-6-3-2-4-7-14)19-21-10-5-11-25-19/h2-4,6-9,12H,5,10-11,13H2,1H3. The van der Waals surface area contributed by atoms with E-state index in [1.165, 1.54) is 19.2 Å². The SMILES string of the molecule is COc1ccc(C(=O)CN(C2=NCCCS2)c2ccccc2)c(F)c1. The lowest BCUT2D eigenvalue weighted by Gasteiger charge is -2.27. The molecule has 2 aromatic carbocycles. The molecule has 0 aromatic heterocycles. The summed E-state index contributed by atoms with van der Waals surface area (Å²) in [5, 5.41) is 0.805. The van der Waals surface area contributed by atoms with E-state index in [0.29, 0.717) is 5.75 Å². The Morgan fingerprint density at radius 1 is 1.28 bits per heavy atom. The van der Waals surface area contributed by atoms with Crippen molar-refractivity contribution in [2.75, 3.05) is 30.9 Å². The van der Waals surface area contributed by atoms with Gasteiger partial charge in [0.1, 0.15) is 11.6 Å². The fraction of sp³-hybridized carbons (Fsp3) is 0.263. The molecule has 0 aliphatic carbocycles. The second kappa shape index (κ2) is 8.16. The molecule has 0 atom stereocenters. The van der Waals surface area contributed by atoms with Gasteiger partial charge in [0.25, 0.3) is 0 Å². The highest BCUT2D eigenvalue weighted by atomic mass is 32.2. The van der Waals surface area contributed by atoms with Crippen molar-refractivity contribution in [3.63, 3.8) is 0 Å². The lowest BCUT2D eigenvalue weighted by Crippen LogP contribution is -2.35. The molecule has 0 bridgehead atoms. The zero-order valence-corrected chi connectivity index (χ0v) is 14.8. The zero-order chi connectivity index (χ0) is 17.6. The van der Waals surface area contributed by atoms with Gasteiger partial charge < -0.3 is 9.64 Å². The van der Waals surface area contributed by atoms with E-state index in [9.17, 15) is 9.18 Å². The molecule has 1 heterocycles. The number of carbonyl (C=O) groups excluding carboxylic acids is 1. The van der Waals surface area contributed by atoms with Crippen LogP contribution in [0, 0.1) is 5.82 Å². The Kier molecular flexibility index (Phi) is 5.71. The number of aliphatic imine (C=N–C) groups is 1. The molecule has 0 spiro atoms. The summed E-state index contributed by atoms with van der Waals surface area (Å²) in [6.07, 6.45) is 1.03. The molecular formula is C19H19FN2O2S. The van der Waals surface area contributed by atoms with E-state index in [-0.39, 0.29) is 17.9 Å². The minimum Gasteiger partial charge on any atom is -0.497 e. The summed E-state index contributed by atoms with van der Waals surface area (Å²) in [5.41, 5.74) is 0.932. The van der Waals surface area contributed by atoms with Crippen LogP contribution in [0.15, 0.2) is 53.5 Å². The van der Waals surface area contributed by atoms with Crippen molar-refractivity contribution in [3.8, 4) is 5.75 Å². The first kappa shape index (κ1) is 17.5. The first-order valence-electron chi connectivity index (χ1n) is 8.05. The van der Waals surface area contributed by atoms with Crippen LogP contribution in [0.4, 0.5) is 10.1 Å². The Labute approximate surface area is 150 Å². The number of methoxy groups -OCH3 is 1. The molecule has 0 radical (unpaired) electrons. The predicted molar refractivity (Wildman–Crippen MR) is 100 cm³/mol. The van der Waals surface area contributed by atoms with E-state index in [1.54, 1.807) is 17.8 Å². The van der Waals surface area contributed by atoms with E-state index >= 15 is 0 Å². The molecule has 0 saturated carbocycles. The number of anilines is 1. The number of Topliss-reactive ketones (excluding diaryl/α,β-unsaturated/α-hetero) is 1. The van der Waals surface area contributed by atoms with Gasteiger partial charge in [0.05, 0.1) is 19.2 Å². The average Bonchev–Trinajstić information content (AvgIpc) is 2.67. The second-order valence-corrected chi connectivity index (χ2v) is 6.62. The maximum absolute atomic E-state index is 14.2. The first-order chi connectivity index (χ1) is 12.2. The molecule has 0 saturated heterocycles. The van der Waals surface area contributed by atoms with Crippen LogP contribution in [0.2, 0.25) is 0 Å². The maximum atomic E-state index is 14.2. The van der Waals surface area contributed by atoms with E-state index in [0.717, 1.165) is 29.6 Å². The molecule has 6 heteroatoms. The normalized spacial score (nSPS) is 13.9. The number of thioether (sulfide) groups is 1. The number of para-hydroxylation sites is 1. The van der Waals surface area contributed by atoms with Crippen LogP contribution in [-0.2, 0) is 0 Å². The molecule has 0 unspecified atom stereocenters. The number of halogens is 1. The summed E-state index contributed by atoms with van der Waals surface area (Å²) < 4.78 is 19.2. The molecule has 2 aromatic rings. The largest absolute Gasteiger partial charge is 0.497 e. The lowest BCUT2D eigenvalue weighted by atomic mass is 10.1.